The first-order valence-corrected chi connectivity index (χ1v) is 6.21. The topological polar surface area (TPSA) is 51.2 Å². The van der Waals surface area contributed by atoms with Gasteiger partial charge in [-0.15, -0.1) is 0 Å². The molecule has 104 valence electrons. The fraction of sp³-hybridized carbons (Fsp3) is 0.200. The van der Waals surface area contributed by atoms with Gasteiger partial charge in [-0.3, -0.25) is 0 Å². The average molecular weight is 274 g/mol. The lowest BCUT2D eigenvalue weighted by molar-refractivity contribution is 0.139. The monoisotopic (exact) mass is 274 g/mol. The highest BCUT2D eigenvalue weighted by molar-refractivity contribution is 5.67. The van der Waals surface area contributed by atoms with Crippen molar-refractivity contribution in [3.63, 3.8) is 0 Å². The molecule has 1 aromatic heterocycles. The van der Waals surface area contributed by atoms with Gasteiger partial charge in [-0.1, -0.05) is 30.3 Å². The third-order valence-electron chi connectivity index (χ3n) is 2.72. The number of nitrogens with one attached hydrogen (secondary N) is 1. The first kappa shape index (κ1) is 14.0. The van der Waals surface area contributed by atoms with Gasteiger partial charge in [-0.05, 0) is 24.1 Å². The summed E-state index contributed by atoms with van der Waals surface area (Å²) in [4.78, 5) is 15.1. The zero-order valence-electron chi connectivity index (χ0n) is 11.1. The molecular weight excluding hydrogens is 259 g/mol. The van der Waals surface area contributed by atoms with Crippen LogP contribution in [0.15, 0.2) is 42.6 Å². The van der Waals surface area contributed by atoms with E-state index >= 15 is 0 Å². The lowest BCUT2D eigenvalue weighted by Crippen LogP contribution is -2.23. The smallest absolute Gasteiger partial charge is 0.407 e. The van der Waals surface area contributed by atoms with Gasteiger partial charge in [0.2, 0.25) is 5.95 Å². The second-order valence-electron chi connectivity index (χ2n) is 4.37. The van der Waals surface area contributed by atoms with Crippen LogP contribution in [0.25, 0.3) is 0 Å². The minimum Gasteiger partial charge on any atom is -0.445 e. The molecule has 4 nitrogen and oxygen atoms in total. The normalized spacial score (nSPS) is 10.1. The lowest BCUT2D eigenvalue weighted by Gasteiger charge is -2.07. The highest BCUT2D eigenvalue weighted by atomic mass is 19.1. The number of hydrogen-bond acceptors (Lipinski definition) is 3. The van der Waals surface area contributed by atoms with Gasteiger partial charge in [-0.2, -0.15) is 4.39 Å². The van der Waals surface area contributed by atoms with Crippen molar-refractivity contribution in [1.82, 2.24) is 10.3 Å². The van der Waals surface area contributed by atoms with E-state index in [-0.39, 0.29) is 13.2 Å². The van der Waals surface area contributed by atoms with Gasteiger partial charge in [0.1, 0.15) is 6.61 Å². The van der Waals surface area contributed by atoms with Crippen molar-refractivity contribution >= 4 is 6.09 Å². The van der Waals surface area contributed by atoms with Crippen LogP contribution in [0.5, 0.6) is 0 Å². The van der Waals surface area contributed by atoms with Crippen molar-refractivity contribution in [3.8, 4) is 0 Å². The van der Waals surface area contributed by atoms with Gasteiger partial charge < -0.3 is 10.1 Å². The van der Waals surface area contributed by atoms with E-state index in [0.717, 1.165) is 11.1 Å². The highest BCUT2D eigenvalue weighted by Crippen LogP contribution is 2.06. The Bertz CT molecular complexity index is 588. The fourth-order valence-corrected chi connectivity index (χ4v) is 1.66. The van der Waals surface area contributed by atoms with Crippen LogP contribution < -0.4 is 5.32 Å². The number of alkyl carbamates (subject to hydrolysis) is 1. The standard InChI is InChI=1S/C15H15FN2O2/c1-11-7-13(8-17-14(11)16)9-18-15(19)20-10-12-5-3-2-4-6-12/h2-8H,9-10H2,1H3,(H,18,19). The summed E-state index contributed by atoms with van der Waals surface area (Å²) in [6.45, 7) is 2.09. The maximum atomic E-state index is 13.0. The number of carbonyl (C=O) groups excluding carboxylic acids is 1. The second kappa shape index (κ2) is 6.65. The Balaban J connectivity index is 1.79. The van der Waals surface area contributed by atoms with Crippen molar-refractivity contribution in [1.29, 1.82) is 0 Å². The van der Waals surface area contributed by atoms with Crippen LogP contribution in [-0.4, -0.2) is 11.1 Å². The minimum absolute atomic E-state index is 0.216. The predicted molar refractivity (Wildman–Crippen MR) is 72.4 cm³/mol. The first-order valence-electron chi connectivity index (χ1n) is 6.21. The summed E-state index contributed by atoms with van der Waals surface area (Å²) in [6, 6.07) is 11.0. The minimum atomic E-state index is -0.518. The highest BCUT2D eigenvalue weighted by Gasteiger charge is 2.04. The maximum absolute atomic E-state index is 13.0. The van der Waals surface area contributed by atoms with E-state index in [2.05, 4.69) is 10.3 Å². The Morgan fingerprint density at radius 3 is 2.75 bits per heavy atom. The van der Waals surface area contributed by atoms with E-state index in [4.69, 9.17) is 4.74 Å². The molecular formula is C15H15FN2O2. The summed E-state index contributed by atoms with van der Waals surface area (Å²) in [6.07, 6.45) is 0.871. The molecule has 2 aromatic rings. The predicted octanol–water partition coefficient (Wildman–Crippen LogP) is 2.96. The van der Waals surface area contributed by atoms with E-state index in [1.54, 1.807) is 13.0 Å². The molecule has 1 aromatic carbocycles. The number of carbonyl (C=O) groups is 1. The summed E-state index contributed by atoms with van der Waals surface area (Å²) < 4.78 is 18.0. The molecule has 0 bridgehead atoms. The van der Waals surface area contributed by atoms with Gasteiger partial charge >= 0.3 is 6.09 Å². The third-order valence-corrected chi connectivity index (χ3v) is 2.72. The number of aromatic nitrogens is 1. The molecule has 0 aliphatic rings. The molecule has 2 rings (SSSR count). The number of rotatable bonds is 4. The van der Waals surface area contributed by atoms with Crippen molar-refractivity contribution in [2.24, 2.45) is 0 Å². The molecule has 0 atom stereocenters. The molecule has 0 aliphatic heterocycles. The van der Waals surface area contributed by atoms with Gasteiger partial charge in [-0.25, -0.2) is 9.78 Å². The number of halogens is 1. The number of nitrogens with zero attached hydrogens (tertiary/aromatic N) is 1. The van der Waals surface area contributed by atoms with Crippen molar-refractivity contribution in [3.05, 3.63) is 65.2 Å². The van der Waals surface area contributed by atoms with Crippen LogP contribution in [-0.2, 0) is 17.9 Å². The zero-order valence-corrected chi connectivity index (χ0v) is 11.1. The maximum Gasteiger partial charge on any atom is 0.407 e. The van der Waals surface area contributed by atoms with E-state index in [9.17, 15) is 9.18 Å². The van der Waals surface area contributed by atoms with Crippen LogP contribution in [0.4, 0.5) is 9.18 Å². The summed E-state index contributed by atoms with van der Waals surface area (Å²) in [7, 11) is 0. The Kier molecular flexibility index (Phi) is 4.65. The quantitative estimate of drug-likeness (QED) is 0.872. The number of benzene rings is 1. The van der Waals surface area contributed by atoms with Crippen molar-refractivity contribution in [2.45, 2.75) is 20.1 Å². The third kappa shape index (κ3) is 4.05. The molecule has 0 fully saturated rings. The van der Waals surface area contributed by atoms with Crippen LogP contribution in [0.3, 0.4) is 0 Å². The summed E-state index contributed by atoms with van der Waals surface area (Å²) in [5.74, 6) is -0.500. The SMILES string of the molecule is Cc1cc(CNC(=O)OCc2ccccc2)cnc1F. The number of amides is 1. The van der Waals surface area contributed by atoms with Crippen LogP contribution in [0.1, 0.15) is 16.7 Å². The molecule has 0 spiro atoms. The molecule has 0 unspecified atom stereocenters. The van der Waals surface area contributed by atoms with Gasteiger partial charge in [0.25, 0.3) is 0 Å². The first-order chi connectivity index (χ1) is 9.65. The van der Waals surface area contributed by atoms with Gasteiger partial charge in [0.15, 0.2) is 0 Å². The Morgan fingerprint density at radius 1 is 1.30 bits per heavy atom. The zero-order chi connectivity index (χ0) is 14.4. The summed E-state index contributed by atoms with van der Waals surface area (Å²) >= 11 is 0. The van der Waals surface area contributed by atoms with E-state index in [0.29, 0.717) is 5.56 Å². The van der Waals surface area contributed by atoms with E-state index < -0.39 is 12.0 Å². The molecule has 0 saturated carbocycles. The van der Waals surface area contributed by atoms with Crippen LogP contribution >= 0.6 is 0 Å². The van der Waals surface area contributed by atoms with E-state index in [1.165, 1.54) is 6.20 Å². The van der Waals surface area contributed by atoms with E-state index in [1.807, 2.05) is 30.3 Å². The Hall–Kier alpha value is -2.43. The largest absolute Gasteiger partial charge is 0.445 e. The molecule has 0 saturated heterocycles. The summed E-state index contributed by atoms with van der Waals surface area (Å²) in [5.41, 5.74) is 2.09. The molecule has 0 radical (unpaired) electrons. The van der Waals surface area contributed by atoms with Crippen LogP contribution in [0.2, 0.25) is 0 Å². The molecule has 1 amide bonds. The molecule has 1 heterocycles. The second-order valence-corrected chi connectivity index (χ2v) is 4.37. The van der Waals surface area contributed by atoms with Gasteiger partial charge in [0.05, 0.1) is 0 Å². The molecule has 5 heteroatoms. The number of ether oxygens (including phenoxy) is 1. The average Bonchev–Trinajstić information content (AvgIpc) is 2.47. The fourth-order valence-electron chi connectivity index (χ4n) is 1.66. The van der Waals surface area contributed by atoms with Gasteiger partial charge in [0, 0.05) is 18.3 Å². The van der Waals surface area contributed by atoms with Crippen LogP contribution in [0, 0.1) is 12.9 Å². The number of pyridine rings is 1. The Morgan fingerprint density at radius 2 is 2.05 bits per heavy atom. The van der Waals surface area contributed by atoms with Crippen molar-refractivity contribution in [2.75, 3.05) is 0 Å². The number of aryl methyl sites for hydroxylation is 1. The molecule has 0 aliphatic carbocycles. The molecule has 20 heavy (non-hydrogen) atoms. The summed E-state index contributed by atoms with van der Waals surface area (Å²) in [5, 5.41) is 2.59. The van der Waals surface area contributed by atoms with Crippen molar-refractivity contribution < 1.29 is 13.9 Å². The number of hydrogen-bond donors (Lipinski definition) is 1. The lowest BCUT2D eigenvalue weighted by atomic mass is 10.2. The molecule has 1 N–H and O–H groups in total. The Labute approximate surface area is 116 Å².